The smallest absolute Gasteiger partial charge is 0.0402 e. The van der Waals surface area contributed by atoms with Crippen LogP contribution in [0.5, 0.6) is 0 Å². The molecule has 2 heteroatoms. The number of aliphatic hydroxyl groups excluding tert-OH is 1. The van der Waals surface area contributed by atoms with Crippen molar-refractivity contribution < 1.29 is 5.11 Å². The van der Waals surface area contributed by atoms with E-state index in [1.54, 1.807) is 18.1 Å². The number of fused-ring (bicyclic) bond motifs is 3. The molecule has 0 radical (unpaired) electrons. The van der Waals surface area contributed by atoms with Crippen molar-refractivity contribution in [2.24, 2.45) is 0 Å². The lowest BCUT2D eigenvalue weighted by Gasteiger charge is -2.35. The monoisotopic (exact) mass is 321 g/mol. The first-order valence-electron chi connectivity index (χ1n) is 8.91. The third-order valence-electron chi connectivity index (χ3n) is 4.96. The van der Waals surface area contributed by atoms with Gasteiger partial charge in [-0.15, -0.1) is 0 Å². The molecule has 0 saturated heterocycles. The normalized spacial score (nSPS) is 19.4. The van der Waals surface area contributed by atoms with Gasteiger partial charge in [0.25, 0.3) is 0 Å². The third kappa shape index (κ3) is 3.45. The van der Waals surface area contributed by atoms with Crippen molar-refractivity contribution in [3.63, 3.8) is 0 Å². The Balaban J connectivity index is 0.000000526. The average molecular weight is 321 g/mol. The summed E-state index contributed by atoms with van der Waals surface area (Å²) >= 11 is 0. The summed E-state index contributed by atoms with van der Waals surface area (Å²) in [6.07, 6.45) is 2.38. The summed E-state index contributed by atoms with van der Waals surface area (Å²) in [5.41, 5.74) is 7.64. The van der Waals surface area contributed by atoms with Crippen LogP contribution in [0.1, 0.15) is 37.0 Å². The predicted octanol–water partition coefficient (Wildman–Crippen LogP) is 4.29. The Morgan fingerprint density at radius 3 is 2.46 bits per heavy atom. The second kappa shape index (κ2) is 7.78. The van der Waals surface area contributed by atoms with Crippen molar-refractivity contribution in [2.75, 3.05) is 13.2 Å². The number of aliphatic hydroxyl groups is 1. The molecule has 1 unspecified atom stereocenters. The quantitative estimate of drug-likeness (QED) is 0.892. The minimum atomic E-state index is 0.250. The first kappa shape index (κ1) is 16.9. The first-order valence-corrected chi connectivity index (χ1v) is 8.91. The van der Waals surface area contributed by atoms with E-state index in [2.05, 4.69) is 66.4 Å². The highest BCUT2D eigenvalue weighted by molar-refractivity contribution is 5.79. The SMILES string of the molecule is CC1=C2c3ccccc3CC2N(Cc2ccccc2)CC1.CCO. The minimum Gasteiger partial charge on any atom is -0.397 e. The van der Waals surface area contributed by atoms with Gasteiger partial charge in [-0.1, -0.05) is 60.2 Å². The fourth-order valence-corrected chi connectivity index (χ4v) is 3.89. The van der Waals surface area contributed by atoms with E-state index in [1.807, 2.05) is 0 Å². The summed E-state index contributed by atoms with van der Waals surface area (Å²) in [5.74, 6) is 0. The maximum Gasteiger partial charge on any atom is 0.0402 e. The lowest BCUT2D eigenvalue weighted by molar-refractivity contribution is 0.222. The molecule has 4 rings (SSSR count). The fraction of sp³-hybridized carbons (Fsp3) is 0.364. The Morgan fingerprint density at radius 1 is 1.04 bits per heavy atom. The van der Waals surface area contributed by atoms with Gasteiger partial charge < -0.3 is 5.11 Å². The van der Waals surface area contributed by atoms with Crippen LogP contribution in [-0.4, -0.2) is 29.2 Å². The molecule has 0 spiro atoms. The van der Waals surface area contributed by atoms with Gasteiger partial charge in [-0.25, -0.2) is 0 Å². The van der Waals surface area contributed by atoms with Crippen LogP contribution in [0.4, 0.5) is 0 Å². The van der Waals surface area contributed by atoms with Crippen molar-refractivity contribution >= 4 is 5.57 Å². The van der Waals surface area contributed by atoms with E-state index in [0.717, 1.165) is 6.54 Å². The summed E-state index contributed by atoms with van der Waals surface area (Å²) in [4.78, 5) is 2.66. The zero-order valence-electron chi connectivity index (χ0n) is 14.7. The number of hydrogen-bond donors (Lipinski definition) is 1. The Bertz CT molecular complexity index is 705. The van der Waals surface area contributed by atoms with Gasteiger partial charge in [0.1, 0.15) is 0 Å². The highest BCUT2D eigenvalue weighted by atomic mass is 16.2. The molecule has 1 atom stereocenters. The van der Waals surface area contributed by atoms with Crippen LogP contribution in [-0.2, 0) is 13.0 Å². The molecule has 1 N–H and O–H groups in total. The van der Waals surface area contributed by atoms with Crippen molar-refractivity contribution in [2.45, 2.75) is 39.3 Å². The Kier molecular flexibility index (Phi) is 5.49. The maximum atomic E-state index is 7.57. The second-order valence-corrected chi connectivity index (χ2v) is 6.59. The van der Waals surface area contributed by atoms with Crippen LogP contribution in [0.3, 0.4) is 0 Å². The van der Waals surface area contributed by atoms with E-state index in [0.29, 0.717) is 6.04 Å². The number of nitrogens with zero attached hydrogens (tertiary/aromatic N) is 1. The molecular formula is C22H27NO. The Hall–Kier alpha value is -1.90. The lowest BCUT2D eigenvalue weighted by Crippen LogP contribution is -2.38. The topological polar surface area (TPSA) is 23.5 Å². The summed E-state index contributed by atoms with van der Waals surface area (Å²) in [7, 11) is 0. The molecule has 0 aromatic heterocycles. The van der Waals surface area contributed by atoms with Gasteiger partial charge in [-0.05, 0) is 49.0 Å². The van der Waals surface area contributed by atoms with Crippen molar-refractivity contribution in [3.05, 3.63) is 76.9 Å². The third-order valence-corrected chi connectivity index (χ3v) is 4.96. The van der Waals surface area contributed by atoms with Gasteiger partial charge in [0, 0.05) is 25.7 Å². The zero-order chi connectivity index (χ0) is 16.9. The molecule has 1 aliphatic heterocycles. The number of rotatable bonds is 2. The number of hydrogen-bond acceptors (Lipinski definition) is 2. The van der Waals surface area contributed by atoms with Gasteiger partial charge in [0.15, 0.2) is 0 Å². The second-order valence-electron chi connectivity index (χ2n) is 6.59. The minimum absolute atomic E-state index is 0.250. The van der Waals surface area contributed by atoms with Crippen LogP contribution in [0.15, 0.2) is 60.2 Å². The van der Waals surface area contributed by atoms with E-state index in [9.17, 15) is 0 Å². The van der Waals surface area contributed by atoms with E-state index in [-0.39, 0.29) is 6.61 Å². The summed E-state index contributed by atoms with van der Waals surface area (Å²) in [6, 6.07) is 20.4. The van der Waals surface area contributed by atoms with Gasteiger partial charge in [0.05, 0.1) is 0 Å². The fourth-order valence-electron chi connectivity index (χ4n) is 3.89. The molecule has 2 nitrogen and oxygen atoms in total. The average Bonchev–Trinajstić information content (AvgIpc) is 3.00. The molecule has 24 heavy (non-hydrogen) atoms. The van der Waals surface area contributed by atoms with Crippen LogP contribution >= 0.6 is 0 Å². The molecule has 0 amide bonds. The molecule has 0 bridgehead atoms. The summed E-state index contributed by atoms with van der Waals surface area (Å²) in [6.45, 7) is 6.50. The molecule has 2 aromatic carbocycles. The summed E-state index contributed by atoms with van der Waals surface area (Å²) < 4.78 is 0. The predicted molar refractivity (Wildman–Crippen MR) is 101 cm³/mol. The Labute approximate surface area is 145 Å². The van der Waals surface area contributed by atoms with E-state index < -0.39 is 0 Å². The Morgan fingerprint density at radius 2 is 1.71 bits per heavy atom. The van der Waals surface area contributed by atoms with Gasteiger partial charge in [-0.2, -0.15) is 0 Å². The standard InChI is InChI=1S/C20H21N.C2H6O/c1-15-11-12-21(14-16-7-3-2-4-8-16)19-13-17-9-5-6-10-18(17)20(15)19;1-2-3/h2-10,19H,11-14H2,1H3;3H,2H2,1H3. The molecule has 0 fully saturated rings. The highest BCUT2D eigenvalue weighted by Crippen LogP contribution is 2.41. The van der Waals surface area contributed by atoms with E-state index in [4.69, 9.17) is 5.11 Å². The van der Waals surface area contributed by atoms with Crippen molar-refractivity contribution in [1.29, 1.82) is 0 Å². The highest BCUT2D eigenvalue weighted by Gasteiger charge is 2.35. The van der Waals surface area contributed by atoms with Crippen LogP contribution in [0.25, 0.3) is 5.57 Å². The molecule has 0 saturated carbocycles. The molecule has 1 heterocycles. The molecule has 126 valence electrons. The van der Waals surface area contributed by atoms with Gasteiger partial charge >= 0.3 is 0 Å². The molecular weight excluding hydrogens is 294 g/mol. The zero-order valence-corrected chi connectivity index (χ0v) is 14.7. The largest absolute Gasteiger partial charge is 0.397 e. The van der Waals surface area contributed by atoms with Gasteiger partial charge in [0.2, 0.25) is 0 Å². The van der Waals surface area contributed by atoms with Crippen molar-refractivity contribution in [3.8, 4) is 0 Å². The number of benzene rings is 2. The van der Waals surface area contributed by atoms with Crippen LogP contribution < -0.4 is 0 Å². The first-order chi connectivity index (χ1) is 11.7. The molecule has 2 aromatic rings. The lowest BCUT2D eigenvalue weighted by atomic mass is 9.93. The van der Waals surface area contributed by atoms with E-state index in [1.165, 1.54) is 36.1 Å². The summed E-state index contributed by atoms with van der Waals surface area (Å²) in [5, 5.41) is 7.57. The van der Waals surface area contributed by atoms with Crippen molar-refractivity contribution in [1.82, 2.24) is 4.90 Å². The van der Waals surface area contributed by atoms with Crippen LogP contribution in [0.2, 0.25) is 0 Å². The van der Waals surface area contributed by atoms with Gasteiger partial charge in [-0.3, -0.25) is 4.90 Å². The maximum absolute atomic E-state index is 7.57. The van der Waals surface area contributed by atoms with E-state index >= 15 is 0 Å². The van der Waals surface area contributed by atoms with Crippen LogP contribution in [0, 0.1) is 0 Å². The molecule has 1 aliphatic carbocycles. The molecule has 2 aliphatic rings.